The van der Waals surface area contributed by atoms with Gasteiger partial charge >= 0.3 is 11.9 Å². The second-order valence-electron chi connectivity index (χ2n) is 4.35. The van der Waals surface area contributed by atoms with E-state index in [-0.39, 0.29) is 13.2 Å². The monoisotopic (exact) mass is 274 g/mol. The zero-order chi connectivity index (χ0) is 14.3. The van der Waals surface area contributed by atoms with Crippen molar-refractivity contribution in [3.63, 3.8) is 0 Å². The molecule has 0 saturated carbocycles. The summed E-state index contributed by atoms with van der Waals surface area (Å²) in [5.74, 6) is -0.873. The maximum Gasteiger partial charge on any atom is 0.332 e. The van der Waals surface area contributed by atoms with Gasteiger partial charge in [-0.15, -0.1) is 0 Å². The molecule has 0 aliphatic rings. The fourth-order valence-electron chi connectivity index (χ4n) is 1.35. The van der Waals surface area contributed by atoms with Crippen LogP contribution >= 0.6 is 0 Å². The van der Waals surface area contributed by atoms with Crippen LogP contribution in [-0.2, 0) is 23.8 Å². The topological polar surface area (TPSA) is 61.8 Å². The van der Waals surface area contributed by atoms with Gasteiger partial charge in [0.15, 0.2) is 0 Å². The lowest BCUT2D eigenvalue weighted by atomic mass is 10.2. The molecule has 0 aliphatic heterocycles. The third-order valence-electron chi connectivity index (χ3n) is 2.46. The van der Waals surface area contributed by atoms with E-state index < -0.39 is 11.9 Å². The summed E-state index contributed by atoms with van der Waals surface area (Å²) in [5, 5.41) is 0. The first-order valence-corrected chi connectivity index (χ1v) is 7.09. The Balaban J connectivity index is 3.34. The van der Waals surface area contributed by atoms with Gasteiger partial charge in [-0.25, -0.2) is 9.59 Å². The molecule has 0 spiro atoms. The normalized spacial score (nSPS) is 10.2. The van der Waals surface area contributed by atoms with Crippen LogP contribution in [0.5, 0.6) is 0 Å². The van der Waals surface area contributed by atoms with Crippen molar-refractivity contribution in [2.24, 2.45) is 0 Å². The van der Waals surface area contributed by atoms with Crippen LogP contribution in [0.2, 0.25) is 0 Å². The Morgan fingerprint density at radius 3 is 1.79 bits per heavy atom. The lowest BCUT2D eigenvalue weighted by Gasteiger charge is -2.06. The highest BCUT2D eigenvalue weighted by molar-refractivity contribution is 5.73. The van der Waals surface area contributed by atoms with Gasteiger partial charge in [-0.2, -0.15) is 0 Å². The van der Waals surface area contributed by atoms with Gasteiger partial charge in [0.25, 0.3) is 0 Å². The molecule has 5 heteroatoms. The quantitative estimate of drug-likeness (QED) is 0.404. The van der Waals surface area contributed by atoms with Gasteiger partial charge in [0.2, 0.25) is 0 Å². The first-order chi connectivity index (χ1) is 9.20. The highest BCUT2D eigenvalue weighted by Crippen LogP contribution is 1.99. The maximum atomic E-state index is 11.2. The minimum Gasteiger partial charge on any atom is -0.464 e. The molecule has 0 N–H and O–H groups in total. The van der Waals surface area contributed by atoms with Gasteiger partial charge < -0.3 is 14.2 Å². The number of unbranched alkanes of at least 4 members (excludes halogenated alkanes) is 4. The van der Waals surface area contributed by atoms with Crippen LogP contribution in [0, 0.1) is 0 Å². The van der Waals surface area contributed by atoms with Gasteiger partial charge in [0, 0.05) is 0 Å². The summed E-state index contributed by atoms with van der Waals surface area (Å²) >= 11 is 0. The van der Waals surface area contributed by atoms with Gasteiger partial charge in [-0.3, -0.25) is 0 Å². The largest absolute Gasteiger partial charge is 0.464 e. The Morgan fingerprint density at radius 1 is 0.737 bits per heavy atom. The summed E-state index contributed by atoms with van der Waals surface area (Å²) in [4.78, 5) is 22.4. The Hall–Kier alpha value is -1.10. The molecule has 0 amide bonds. The minimum atomic E-state index is -0.441. The summed E-state index contributed by atoms with van der Waals surface area (Å²) < 4.78 is 14.7. The summed E-state index contributed by atoms with van der Waals surface area (Å²) in [5.41, 5.74) is 0. The SMILES string of the molecule is CCCCCCOC(=O)COCC(=O)OCCCC. The number of ether oxygens (including phenoxy) is 3. The molecule has 0 saturated heterocycles. The zero-order valence-electron chi connectivity index (χ0n) is 12.1. The average molecular weight is 274 g/mol. The summed E-state index contributed by atoms with van der Waals surface area (Å²) in [6.07, 6.45) is 6.05. The van der Waals surface area contributed by atoms with Crippen LogP contribution in [0.1, 0.15) is 52.4 Å². The molecule has 0 atom stereocenters. The Kier molecular flexibility index (Phi) is 12.6. The van der Waals surface area contributed by atoms with E-state index in [4.69, 9.17) is 14.2 Å². The van der Waals surface area contributed by atoms with Crippen molar-refractivity contribution in [2.45, 2.75) is 52.4 Å². The minimum absolute atomic E-state index is 0.198. The summed E-state index contributed by atoms with van der Waals surface area (Å²) in [7, 11) is 0. The van der Waals surface area contributed by atoms with E-state index in [1.807, 2.05) is 6.92 Å². The van der Waals surface area contributed by atoms with Gasteiger partial charge in [-0.1, -0.05) is 39.5 Å². The average Bonchev–Trinajstić information content (AvgIpc) is 2.39. The van der Waals surface area contributed by atoms with E-state index in [9.17, 15) is 9.59 Å². The molecule has 0 aromatic heterocycles. The highest BCUT2D eigenvalue weighted by atomic mass is 16.6. The van der Waals surface area contributed by atoms with Crippen LogP contribution in [0.4, 0.5) is 0 Å². The van der Waals surface area contributed by atoms with Crippen molar-refractivity contribution in [2.75, 3.05) is 26.4 Å². The Labute approximate surface area is 115 Å². The molecule has 5 nitrogen and oxygen atoms in total. The molecule has 0 aliphatic carbocycles. The fraction of sp³-hybridized carbons (Fsp3) is 0.857. The number of hydrogen-bond acceptors (Lipinski definition) is 5. The number of hydrogen-bond donors (Lipinski definition) is 0. The van der Waals surface area contributed by atoms with Crippen LogP contribution in [0.3, 0.4) is 0 Å². The third-order valence-corrected chi connectivity index (χ3v) is 2.46. The van der Waals surface area contributed by atoms with Crippen LogP contribution in [-0.4, -0.2) is 38.4 Å². The standard InChI is InChI=1S/C14H26O5/c1-3-5-7-8-10-19-14(16)12-17-11-13(15)18-9-6-4-2/h3-12H2,1-2H3. The van der Waals surface area contributed by atoms with E-state index in [2.05, 4.69) is 6.92 Å². The molecule has 0 radical (unpaired) electrons. The van der Waals surface area contributed by atoms with Crippen LogP contribution < -0.4 is 0 Å². The predicted molar refractivity (Wildman–Crippen MR) is 71.8 cm³/mol. The zero-order valence-corrected chi connectivity index (χ0v) is 12.1. The second kappa shape index (κ2) is 13.3. The molecule has 0 rings (SSSR count). The van der Waals surface area contributed by atoms with Crippen LogP contribution in [0.15, 0.2) is 0 Å². The summed E-state index contributed by atoms with van der Waals surface area (Å²) in [6.45, 7) is 4.56. The molecular weight excluding hydrogens is 248 g/mol. The van der Waals surface area contributed by atoms with Crippen molar-refractivity contribution >= 4 is 11.9 Å². The van der Waals surface area contributed by atoms with Crippen molar-refractivity contribution in [1.82, 2.24) is 0 Å². The lowest BCUT2D eigenvalue weighted by Crippen LogP contribution is -2.19. The molecule has 0 aromatic rings. The molecular formula is C14H26O5. The number of carbonyl (C=O) groups excluding carboxylic acids is 2. The lowest BCUT2D eigenvalue weighted by molar-refractivity contribution is -0.155. The third kappa shape index (κ3) is 13.1. The van der Waals surface area contributed by atoms with E-state index in [1.165, 1.54) is 0 Å². The second-order valence-corrected chi connectivity index (χ2v) is 4.35. The highest BCUT2D eigenvalue weighted by Gasteiger charge is 2.06. The molecule has 112 valence electrons. The Bertz CT molecular complexity index is 240. The van der Waals surface area contributed by atoms with Crippen molar-refractivity contribution in [3.05, 3.63) is 0 Å². The van der Waals surface area contributed by atoms with Gasteiger partial charge in [-0.05, 0) is 12.8 Å². The fourth-order valence-corrected chi connectivity index (χ4v) is 1.35. The molecule has 0 aromatic carbocycles. The van der Waals surface area contributed by atoms with Crippen molar-refractivity contribution < 1.29 is 23.8 Å². The first-order valence-electron chi connectivity index (χ1n) is 7.09. The molecule has 19 heavy (non-hydrogen) atoms. The molecule has 0 bridgehead atoms. The van der Waals surface area contributed by atoms with E-state index >= 15 is 0 Å². The molecule has 0 unspecified atom stereocenters. The number of esters is 2. The Morgan fingerprint density at radius 2 is 1.26 bits per heavy atom. The summed E-state index contributed by atoms with van der Waals surface area (Å²) in [6, 6.07) is 0. The van der Waals surface area contributed by atoms with Gasteiger partial charge in [0.1, 0.15) is 13.2 Å². The van der Waals surface area contributed by atoms with Crippen LogP contribution in [0.25, 0.3) is 0 Å². The maximum absolute atomic E-state index is 11.2. The van der Waals surface area contributed by atoms with E-state index in [0.717, 1.165) is 38.5 Å². The first kappa shape index (κ1) is 17.9. The predicted octanol–water partition coefficient (Wildman–Crippen LogP) is 2.47. The van der Waals surface area contributed by atoms with Crippen molar-refractivity contribution in [3.8, 4) is 0 Å². The molecule has 0 fully saturated rings. The number of rotatable bonds is 12. The van der Waals surface area contributed by atoms with E-state index in [1.54, 1.807) is 0 Å². The van der Waals surface area contributed by atoms with E-state index in [0.29, 0.717) is 13.2 Å². The molecule has 0 heterocycles. The smallest absolute Gasteiger partial charge is 0.332 e. The van der Waals surface area contributed by atoms with Crippen molar-refractivity contribution in [1.29, 1.82) is 0 Å². The van der Waals surface area contributed by atoms with Gasteiger partial charge in [0.05, 0.1) is 13.2 Å². The number of carbonyl (C=O) groups is 2.